The van der Waals surface area contributed by atoms with Gasteiger partial charge in [0.15, 0.2) is 5.82 Å². The highest BCUT2D eigenvalue weighted by atomic mass is 16.2. The van der Waals surface area contributed by atoms with E-state index >= 15 is 0 Å². The van der Waals surface area contributed by atoms with Crippen LogP contribution in [0.4, 0.5) is 5.82 Å². The van der Waals surface area contributed by atoms with E-state index in [9.17, 15) is 4.79 Å². The first-order chi connectivity index (χ1) is 13.0. The lowest BCUT2D eigenvalue weighted by molar-refractivity contribution is -0.130. The number of amides is 1. The topological polar surface area (TPSA) is 74.2 Å². The predicted octanol–water partition coefficient (Wildman–Crippen LogP) is 2.07. The van der Waals surface area contributed by atoms with Crippen LogP contribution < -0.4 is 5.32 Å². The number of rotatable bonds is 6. The molecule has 1 amide bonds. The van der Waals surface area contributed by atoms with Crippen molar-refractivity contribution in [2.45, 2.75) is 32.2 Å². The molecular formula is C20H28N6O. The van der Waals surface area contributed by atoms with E-state index in [1.807, 2.05) is 18.2 Å². The number of likely N-dealkylation sites (tertiary alicyclic amines) is 1. The first kappa shape index (κ1) is 19.2. The van der Waals surface area contributed by atoms with Crippen molar-refractivity contribution in [2.75, 3.05) is 39.0 Å². The fourth-order valence-corrected chi connectivity index (χ4v) is 3.16. The standard InChI is InChI=1S/C20H28N6O/c1-4-16-13-18(24-20(23-16)15-5-9-21-10-6-15)22-17-7-11-26(12-8-17)14-19(27)25(2)3/h5-6,9-10,13,17H,4,7-8,11-12,14H2,1-3H3,(H,22,23,24). The molecule has 0 unspecified atom stereocenters. The molecule has 2 aromatic heterocycles. The largest absolute Gasteiger partial charge is 0.367 e. The summed E-state index contributed by atoms with van der Waals surface area (Å²) in [5.74, 6) is 1.76. The molecule has 1 fully saturated rings. The highest BCUT2D eigenvalue weighted by Crippen LogP contribution is 2.20. The molecule has 144 valence electrons. The molecule has 0 saturated carbocycles. The van der Waals surface area contributed by atoms with Gasteiger partial charge in [0.05, 0.1) is 6.54 Å². The molecule has 0 spiro atoms. The second kappa shape index (κ2) is 8.90. The molecule has 3 heterocycles. The summed E-state index contributed by atoms with van der Waals surface area (Å²) in [6, 6.07) is 6.25. The van der Waals surface area contributed by atoms with Crippen LogP contribution in [0.3, 0.4) is 0 Å². The van der Waals surface area contributed by atoms with Gasteiger partial charge < -0.3 is 10.2 Å². The van der Waals surface area contributed by atoms with Gasteiger partial charge in [-0.2, -0.15) is 0 Å². The Hall–Kier alpha value is -2.54. The molecule has 0 bridgehead atoms. The minimum absolute atomic E-state index is 0.159. The van der Waals surface area contributed by atoms with E-state index in [-0.39, 0.29) is 5.91 Å². The molecule has 1 saturated heterocycles. The minimum Gasteiger partial charge on any atom is -0.367 e. The lowest BCUT2D eigenvalue weighted by Crippen LogP contribution is -2.44. The van der Waals surface area contributed by atoms with Crippen LogP contribution in [0.15, 0.2) is 30.6 Å². The second-order valence-corrected chi connectivity index (χ2v) is 7.14. The second-order valence-electron chi connectivity index (χ2n) is 7.14. The summed E-state index contributed by atoms with van der Waals surface area (Å²) in [5.41, 5.74) is 1.99. The van der Waals surface area contributed by atoms with E-state index in [2.05, 4.69) is 27.1 Å². The van der Waals surface area contributed by atoms with Crippen LogP contribution in [0, 0.1) is 0 Å². The molecule has 7 nitrogen and oxygen atoms in total. The van der Waals surface area contributed by atoms with Gasteiger partial charge in [-0.3, -0.25) is 14.7 Å². The molecule has 0 atom stereocenters. The maximum Gasteiger partial charge on any atom is 0.236 e. The fraction of sp³-hybridized carbons (Fsp3) is 0.500. The van der Waals surface area contributed by atoms with Crippen molar-refractivity contribution >= 4 is 11.7 Å². The molecule has 2 aromatic rings. The van der Waals surface area contributed by atoms with Gasteiger partial charge >= 0.3 is 0 Å². The van der Waals surface area contributed by atoms with Gasteiger partial charge in [0.25, 0.3) is 0 Å². The number of hydrogen-bond acceptors (Lipinski definition) is 6. The summed E-state index contributed by atoms with van der Waals surface area (Å²) in [4.78, 5) is 29.2. The number of pyridine rings is 1. The van der Waals surface area contributed by atoms with Gasteiger partial charge in [-0.25, -0.2) is 9.97 Å². The first-order valence-electron chi connectivity index (χ1n) is 9.52. The molecule has 0 aromatic carbocycles. The van der Waals surface area contributed by atoms with E-state index in [4.69, 9.17) is 4.98 Å². The van der Waals surface area contributed by atoms with E-state index in [0.29, 0.717) is 12.6 Å². The van der Waals surface area contributed by atoms with Gasteiger partial charge in [-0.1, -0.05) is 6.92 Å². The minimum atomic E-state index is 0.159. The maximum absolute atomic E-state index is 11.9. The van der Waals surface area contributed by atoms with E-state index < -0.39 is 0 Å². The van der Waals surface area contributed by atoms with Gasteiger partial charge in [0.2, 0.25) is 5.91 Å². The smallest absolute Gasteiger partial charge is 0.236 e. The summed E-state index contributed by atoms with van der Waals surface area (Å²) in [6.45, 7) is 4.43. The third kappa shape index (κ3) is 5.23. The van der Waals surface area contributed by atoms with Crippen molar-refractivity contribution in [1.82, 2.24) is 24.8 Å². The van der Waals surface area contributed by atoms with E-state index in [0.717, 1.165) is 55.3 Å². The zero-order valence-corrected chi connectivity index (χ0v) is 16.4. The number of piperidine rings is 1. The highest BCUT2D eigenvalue weighted by molar-refractivity contribution is 5.77. The molecule has 1 aliphatic rings. The Bertz CT molecular complexity index is 756. The molecule has 3 rings (SSSR count). The van der Waals surface area contributed by atoms with Crippen molar-refractivity contribution < 1.29 is 4.79 Å². The predicted molar refractivity (Wildman–Crippen MR) is 106 cm³/mol. The number of aryl methyl sites for hydroxylation is 1. The van der Waals surface area contributed by atoms with Crippen LogP contribution in [0.25, 0.3) is 11.4 Å². The molecule has 1 aliphatic heterocycles. The third-order valence-electron chi connectivity index (χ3n) is 4.88. The van der Waals surface area contributed by atoms with Crippen LogP contribution in [0.1, 0.15) is 25.5 Å². The Labute approximate surface area is 160 Å². The average Bonchev–Trinajstić information content (AvgIpc) is 2.69. The number of carbonyl (C=O) groups excluding carboxylic acids is 1. The number of nitrogens with one attached hydrogen (secondary N) is 1. The van der Waals surface area contributed by atoms with Crippen molar-refractivity contribution in [3.63, 3.8) is 0 Å². The van der Waals surface area contributed by atoms with Gasteiger partial charge in [-0.05, 0) is 31.4 Å². The number of hydrogen-bond donors (Lipinski definition) is 1. The van der Waals surface area contributed by atoms with Crippen molar-refractivity contribution in [3.8, 4) is 11.4 Å². The quantitative estimate of drug-likeness (QED) is 0.841. The van der Waals surface area contributed by atoms with Crippen LogP contribution in [-0.4, -0.2) is 70.4 Å². The zero-order valence-electron chi connectivity index (χ0n) is 16.4. The SMILES string of the molecule is CCc1cc(NC2CCN(CC(=O)N(C)C)CC2)nc(-c2ccncc2)n1. The summed E-state index contributed by atoms with van der Waals surface area (Å²) in [6.07, 6.45) is 6.37. The first-order valence-corrected chi connectivity index (χ1v) is 9.52. The van der Waals surface area contributed by atoms with Crippen molar-refractivity contribution in [3.05, 3.63) is 36.3 Å². The van der Waals surface area contributed by atoms with E-state index in [1.165, 1.54) is 0 Å². The maximum atomic E-state index is 11.9. The van der Waals surface area contributed by atoms with Crippen molar-refractivity contribution in [2.24, 2.45) is 0 Å². The molecular weight excluding hydrogens is 340 g/mol. The number of aromatic nitrogens is 3. The van der Waals surface area contributed by atoms with Crippen LogP contribution in [-0.2, 0) is 11.2 Å². The lowest BCUT2D eigenvalue weighted by atomic mass is 10.0. The molecule has 7 heteroatoms. The molecule has 1 N–H and O–H groups in total. The molecule has 0 aliphatic carbocycles. The number of nitrogens with zero attached hydrogens (tertiary/aromatic N) is 5. The summed E-state index contributed by atoms with van der Waals surface area (Å²) in [5, 5.41) is 3.57. The monoisotopic (exact) mass is 368 g/mol. The summed E-state index contributed by atoms with van der Waals surface area (Å²) in [7, 11) is 3.61. The zero-order chi connectivity index (χ0) is 19.2. The van der Waals surface area contributed by atoms with Gasteiger partial charge in [0.1, 0.15) is 5.82 Å². The Morgan fingerprint density at radius 2 is 1.93 bits per heavy atom. The van der Waals surface area contributed by atoms with Crippen LogP contribution in [0.2, 0.25) is 0 Å². The third-order valence-corrected chi connectivity index (χ3v) is 4.88. The van der Waals surface area contributed by atoms with Crippen LogP contribution >= 0.6 is 0 Å². The number of likely N-dealkylation sites (N-methyl/N-ethyl adjacent to an activating group) is 1. The normalized spacial score (nSPS) is 15.5. The average molecular weight is 368 g/mol. The summed E-state index contributed by atoms with van der Waals surface area (Å²) >= 11 is 0. The lowest BCUT2D eigenvalue weighted by Gasteiger charge is -2.32. The van der Waals surface area contributed by atoms with Crippen molar-refractivity contribution in [1.29, 1.82) is 0 Å². The highest BCUT2D eigenvalue weighted by Gasteiger charge is 2.22. The Morgan fingerprint density at radius 3 is 2.56 bits per heavy atom. The number of anilines is 1. The number of carbonyl (C=O) groups is 1. The molecule has 27 heavy (non-hydrogen) atoms. The fourth-order valence-electron chi connectivity index (χ4n) is 3.16. The van der Waals surface area contributed by atoms with Gasteiger partial charge in [-0.15, -0.1) is 0 Å². The van der Waals surface area contributed by atoms with E-state index in [1.54, 1.807) is 31.4 Å². The Balaban J connectivity index is 1.64. The Kier molecular flexibility index (Phi) is 6.34. The van der Waals surface area contributed by atoms with Gasteiger partial charge in [0, 0.05) is 62.9 Å². The molecule has 0 radical (unpaired) electrons. The Morgan fingerprint density at radius 1 is 1.22 bits per heavy atom. The summed E-state index contributed by atoms with van der Waals surface area (Å²) < 4.78 is 0. The van der Waals surface area contributed by atoms with Crippen LogP contribution in [0.5, 0.6) is 0 Å².